The van der Waals surface area contributed by atoms with E-state index in [0.717, 1.165) is 0 Å². The van der Waals surface area contributed by atoms with Gasteiger partial charge in [0.25, 0.3) is 15.0 Å². The largest absolute Gasteiger partial charge is 0.380 e. The highest BCUT2D eigenvalue weighted by Crippen LogP contribution is 2.28. The molecular weight excluding hydrogens is 314 g/mol. The molecule has 0 bridgehead atoms. The third-order valence-electron chi connectivity index (χ3n) is 3.11. The summed E-state index contributed by atoms with van der Waals surface area (Å²) in [5.41, 5.74) is 1.96. The van der Waals surface area contributed by atoms with Crippen LogP contribution in [0.4, 0.5) is 0 Å². The molecule has 0 fully saturated rings. The summed E-state index contributed by atoms with van der Waals surface area (Å²) in [4.78, 5) is 12.2. The summed E-state index contributed by atoms with van der Waals surface area (Å²) < 4.78 is 28.5. The third kappa shape index (κ3) is 4.43. The van der Waals surface area contributed by atoms with E-state index in [-0.39, 0.29) is 10.8 Å². The standard InChI is InChI=1S/C14H20ClNO4S/c1-5-20-7-6-16-14(17)12-9(2)8-10(3)13(11(12)4)21(15,18)19/h8H,5-7H2,1-4H3,(H,16,17). The van der Waals surface area contributed by atoms with Crippen LogP contribution < -0.4 is 5.32 Å². The van der Waals surface area contributed by atoms with Gasteiger partial charge in [-0.2, -0.15) is 0 Å². The molecule has 0 atom stereocenters. The number of carbonyl (C=O) groups is 1. The Kier molecular flexibility index (Phi) is 6.19. The molecule has 1 rings (SSSR count). The Hall–Kier alpha value is -1.11. The van der Waals surface area contributed by atoms with Gasteiger partial charge in [-0.25, -0.2) is 8.42 Å². The summed E-state index contributed by atoms with van der Waals surface area (Å²) >= 11 is 0. The van der Waals surface area contributed by atoms with Crippen molar-refractivity contribution in [3.63, 3.8) is 0 Å². The zero-order valence-electron chi connectivity index (χ0n) is 12.6. The van der Waals surface area contributed by atoms with Crippen molar-refractivity contribution in [2.45, 2.75) is 32.6 Å². The highest BCUT2D eigenvalue weighted by atomic mass is 35.7. The second kappa shape index (κ2) is 7.24. The van der Waals surface area contributed by atoms with Crippen molar-refractivity contribution in [1.82, 2.24) is 5.32 Å². The van der Waals surface area contributed by atoms with E-state index < -0.39 is 9.05 Å². The fraction of sp³-hybridized carbons (Fsp3) is 0.500. The van der Waals surface area contributed by atoms with Gasteiger partial charge in [-0.1, -0.05) is 6.07 Å². The van der Waals surface area contributed by atoms with Crippen molar-refractivity contribution in [1.29, 1.82) is 0 Å². The van der Waals surface area contributed by atoms with E-state index in [0.29, 0.717) is 42.0 Å². The van der Waals surface area contributed by atoms with E-state index in [1.165, 1.54) is 0 Å². The topological polar surface area (TPSA) is 72.5 Å². The van der Waals surface area contributed by atoms with Gasteiger partial charge in [-0.3, -0.25) is 4.79 Å². The van der Waals surface area contributed by atoms with Crippen molar-refractivity contribution in [2.75, 3.05) is 19.8 Å². The number of nitrogens with one attached hydrogen (secondary N) is 1. The Balaban J connectivity index is 3.16. The number of hydrogen-bond donors (Lipinski definition) is 1. The molecule has 118 valence electrons. The van der Waals surface area contributed by atoms with Gasteiger partial charge in [0.2, 0.25) is 0 Å². The summed E-state index contributed by atoms with van der Waals surface area (Å²) in [7, 11) is 1.57. The lowest BCUT2D eigenvalue weighted by Gasteiger charge is -2.15. The number of hydrogen-bond acceptors (Lipinski definition) is 4. The average molecular weight is 334 g/mol. The minimum absolute atomic E-state index is 0.00437. The van der Waals surface area contributed by atoms with Crippen molar-refractivity contribution < 1.29 is 17.9 Å². The summed E-state index contributed by atoms with van der Waals surface area (Å²) in [5, 5.41) is 2.71. The molecule has 7 heteroatoms. The molecule has 0 aliphatic rings. The van der Waals surface area contributed by atoms with E-state index in [2.05, 4.69) is 5.32 Å². The normalized spacial score (nSPS) is 11.5. The maximum atomic E-state index is 12.2. The maximum absolute atomic E-state index is 12.2. The average Bonchev–Trinajstić information content (AvgIpc) is 2.32. The number of rotatable bonds is 6. The van der Waals surface area contributed by atoms with Gasteiger partial charge in [-0.05, 0) is 44.4 Å². The van der Waals surface area contributed by atoms with Crippen molar-refractivity contribution >= 4 is 25.6 Å². The molecule has 0 spiro atoms. The first-order valence-corrected chi connectivity index (χ1v) is 8.92. The Morgan fingerprint density at radius 3 is 2.43 bits per heavy atom. The van der Waals surface area contributed by atoms with Crippen LogP contribution in [0.25, 0.3) is 0 Å². The van der Waals surface area contributed by atoms with Crippen molar-refractivity contribution in [3.8, 4) is 0 Å². The highest BCUT2D eigenvalue weighted by Gasteiger charge is 2.23. The molecule has 0 saturated heterocycles. The van der Waals surface area contributed by atoms with Gasteiger partial charge >= 0.3 is 0 Å². The number of benzene rings is 1. The van der Waals surface area contributed by atoms with E-state index in [1.807, 2.05) is 6.92 Å². The molecular formula is C14H20ClNO4S. The van der Waals surface area contributed by atoms with E-state index >= 15 is 0 Å². The van der Waals surface area contributed by atoms with E-state index in [9.17, 15) is 13.2 Å². The minimum Gasteiger partial charge on any atom is -0.380 e. The van der Waals surface area contributed by atoms with Crippen LogP contribution in [0.1, 0.15) is 34.0 Å². The second-order valence-electron chi connectivity index (χ2n) is 4.73. The van der Waals surface area contributed by atoms with Gasteiger partial charge in [0.05, 0.1) is 11.5 Å². The number of aryl methyl sites for hydroxylation is 2. The van der Waals surface area contributed by atoms with Crippen LogP contribution in [0.3, 0.4) is 0 Å². The summed E-state index contributed by atoms with van der Waals surface area (Å²) in [6.07, 6.45) is 0. The lowest BCUT2D eigenvalue weighted by molar-refractivity contribution is 0.0921. The Morgan fingerprint density at radius 1 is 1.29 bits per heavy atom. The van der Waals surface area contributed by atoms with Crippen LogP contribution in [-0.4, -0.2) is 34.1 Å². The van der Waals surface area contributed by atoms with Crippen LogP contribution in [-0.2, 0) is 13.8 Å². The summed E-state index contributed by atoms with van der Waals surface area (Å²) in [6.45, 7) is 8.23. The first-order chi connectivity index (χ1) is 9.70. The monoisotopic (exact) mass is 333 g/mol. The Labute approximate surface area is 130 Å². The first-order valence-electron chi connectivity index (χ1n) is 6.61. The summed E-state index contributed by atoms with van der Waals surface area (Å²) in [5.74, 6) is -0.328. The SMILES string of the molecule is CCOCCNC(=O)c1c(C)cc(C)c(S(=O)(=O)Cl)c1C. The van der Waals surface area contributed by atoms with Crippen molar-refractivity contribution in [2.24, 2.45) is 0 Å². The molecule has 0 heterocycles. The van der Waals surface area contributed by atoms with Gasteiger partial charge in [0.15, 0.2) is 0 Å². The summed E-state index contributed by atoms with van der Waals surface area (Å²) in [6, 6.07) is 1.65. The molecule has 0 saturated carbocycles. The van der Waals surface area contributed by atoms with Gasteiger partial charge < -0.3 is 10.1 Å². The second-order valence-corrected chi connectivity index (χ2v) is 7.23. The zero-order chi connectivity index (χ0) is 16.2. The molecule has 1 N–H and O–H groups in total. The quantitative estimate of drug-likeness (QED) is 0.640. The van der Waals surface area contributed by atoms with Crippen LogP contribution in [0.5, 0.6) is 0 Å². The molecule has 1 aromatic rings. The fourth-order valence-corrected chi connectivity index (χ4v) is 3.99. The van der Waals surface area contributed by atoms with Gasteiger partial charge in [0.1, 0.15) is 0 Å². The lowest BCUT2D eigenvalue weighted by atomic mass is 9.99. The van der Waals surface area contributed by atoms with Gasteiger partial charge in [-0.15, -0.1) is 0 Å². The maximum Gasteiger partial charge on any atom is 0.261 e. The molecule has 1 aromatic carbocycles. The van der Waals surface area contributed by atoms with Crippen molar-refractivity contribution in [3.05, 3.63) is 28.3 Å². The predicted octanol–water partition coefficient (Wildman–Crippen LogP) is 2.31. The van der Waals surface area contributed by atoms with E-state index in [1.54, 1.807) is 26.8 Å². The molecule has 0 aliphatic carbocycles. The fourth-order valence-electron chi connectivity index (χ4n) is 2.36. The first kappa shape index (κ1) is 17.9. The van der Waals surface area contributed by atoms with Crippen LogP contribution in [0.2, 0.25) is 0 Å². The number of ether oxygens (including phenoxy) is 1. The highest BCUT2D eigenvalue weighted by molar-refractivity contribution is 8.13. The Bertz CT molecular complexity index is 641. The van der Waals surface area contributed by atoms with Crippen LogP contribution in [0.15, 0.2) is 11.0 Å². The molecule has 0 aromatic heterocycles. The van der Waals surface area contributed by atoms with Crippen LogP contribution >= 0.6 is 10.7 Å². The van der Waals surface area contributed by atoms with Crippen LogP contribution in [0, 0.1) is 20.8 Å². The molecule has 5 nitrogen and oxygen atoms in total. The number of halogens is 1. The molecule has 0 aliphatic heterocycles. The molecule has 0 unspecified atom stereocenters. The zero-order valence-corrected chi connectivity index (χ0v) is 14.2. The predicted molar refractivity (Wildman–Crippen MR) is 82.5 cm³/mol. The molecule has 21 heavy (non-hydrogen) atoms. The number of amides is 1. The van der Waals surface area contributed by atoms with Gasteiger partial charge in [0, 0.05) is 29.4 Å². The van der Waals surface area contributed by atoms with E-state index in [4.69, 9.17) is 15.4 Å². The smallest absolute Gasteiger partial charge is 0.261 e. The number of carbonyl (C=O) groups excluding carboxylic acids is 1. The minimum atomic E-state index is -3.90. The molecule has 0 radical (unpaired) electrons. The Morgan fingerprint density at radius 2 is 1.90 bits per heavy atom. The molecule has 1 amide bonds. The third-order valence-corrected chi connectivity index (χ3v) is 4.69. The lowest BCUT2D eigenvalue weighted by Crippen LogP contribution is -2.29.